The van der Waals surface area contributed by atoms with E-state index < -0.39 is 0 Å². The molecule has 1 heterocycles. The Hall–Kier alpha value is -2.87. The molecule has 0 amide bonds. The first kappa shape index (κ1) is 22.8. The standard InChI is InChI=1S/C23H26BrN3O4/c1-6-7-21-26-18-9-8-16(24)12-17(18)23(28)27(21)25-13-15-10-19(29-4)22(31-14(2)3)20(11-15)30-5/h8-14H,6-7H2,1-5H3. The zero-order chi connectivity index (χ0) is 22.5. The van der Waals surface area contributed by atoms with Crippen molar-refractivity contribution in [2.24, 2.45) is 5.10 Å². The van der Waals surface area contributed by atoms with Gasteiger partial charge < -0.3 is 14.2 Å². The summed E-state index contributed by atoms with van der Waals surface area (Å²) in [4.78, 5) is 17.8. The highest BCUT2D eigenvalue weighted by Crippen LogP contribution is 2.38. The zero-order valence-electron chi connectivity index (χ0n) is 18.3. The second kappa shape index (κ2) is 9.96. The van der Waals surface area contributed by atoms with E-state index in [1.165, 1.54) is 4.68 Å². The van der Waals surface area contributed by atoms with Crippen molar-refractivity contribution >= 4 is 33.0 Å². The average Bonchev–Trinajstić information content (AvgIpc) is 2.74. The van der Waals surface area contributed by atoms with Crippen LogP contribution < -0.4 is 19.8 Å². The van der Waals surface area contributed by atoms with Gasteiger partial charge in [0.25, 0.3) is 5.56 Å². The van der Waals surface area contributed by atoms with Gasteiger partial charge in [0.1, 0.15) is 5.82 Å². The molecule has 0 saturated carbocycles. The van der Waals surface area contributed by atoms with E-state index in [1.54, 1.807) is 38.6 Å². The summed E-state index contributed by atoms with van der Waals surface area (Å²) in [5.74, 6) is 2.18. The van der Waals surface area contributed by atoms with Crippen LogP contribution in [0.2, 0.25) is 0 Å². The van der Waals surface area contributed by atoms with Crippen LogP contribution in [0.3, 0.4) is 0 Å². The maximum absolute atomic E-state index is 13.1. The Kier molecular flexibility index (Phi) is 7.33. The van der Waals surface area contributed by atoms with E-state index in [1.807, 2.05) is 32.9 Å². The number of aromatic nitrogens is 2. The van der Waals surface area contributed by atoms with E-state index in [-0.39, 0.29) is 11.7 Å². The predicted molar refractivity (Wildman–Crippen MR) is 126 cm³/mol. The lowest BCUT2D eigenvalue weighted by molar-refractivity contribution is 0.218. The summed E-state index contributed by atoms with van der Waals surface area (Å²) in [6, 6.07) is 9.05. The van der Waals surface area contributed by atoms with E-state index in [9.17, 15) is 4.79 Å². The second-order valence-corrected chi connectivity index (χ2v) is 8.14. The zero-order valence-corrected chi connectivity index (χ0v) is 19.9. The molecule has 0 unspecified atom stereocenters. The Morgan fingerprint density at radius 3 is 2.42 bits per heavy atom. The fraction of sp³-hybridized carbons (Fsp3) is 0.348. The van der Waals surface area contributed by atoms with Crippen molar-refractivity contribution in [3.63, 3.8) is 0 Å². The van der Waals surface area contributed by atoms with Crippen LogP contribution >= 0.6 is 15.9 Å². The van der Waals surface area contributed by atoms with Gasteiger partial charge in [0.05, 0.1) is 37.4 Å². The van der Waals surface area contributed by atoms with Gasteiger partial charge in [-0.15, -0.1) is 0 Å². The van der Waals surface area contributed by atoms with Gasteiger partial charge in [0.15, 0.2) is 11.5 Å². The first-order valence-corrected chi connectivity index (χ1v) is 10.9. The Balaban J connectivity index is 2.11. The molecule has 3 rings (SSSR count). The number of rotatable bonds is 8. The molecule has 0 spiro atoms. The van der Waals surface area contributed by atoms with Crippen molar-refractivity contribution in [3.8, 4) is 17.2 Å². The predicted octanol–water partition coefficient (Wildman–Crippen LogP) is 4.80. The van der Waals surface area contributed by atoms with Crippen LogP contribution in [0.5, 0.6) is 17.2 Å². The summed E-state index contributed by atoms with van der Waals surface area (Å²) in [7, 11) is 3.13. The highest BCUT2D eigenvalue weighted by molar-refractivity contribution is 9.10. The molecule has 1 aromatic heterocycles. The van der Waals surface area contributed by atoms with E-state index in [0.717, 1.165) is 10.9 Å². The summed E-state index contributed by atoms with van der Waals surface area (Å²) in [6.07, 6.45) is 3.02. The number of ether oxygens (including phenoxy) is 3. The molecule has 0 N–H and O–H groups in total. The fourth-order valence-corrected chi connectivity index (χ4v) is 3.51. The quantitative estimate of drug-likeness (QED) is 0.426. The largest absolute Gasteiger partial charge is 0.493 e. The first-order valence-electron chi connectivity index (χ1n) is 10.1. The number of fused-ring (bicyclic) bond motifs is 1. The third-order valence-electron chi connectivity index (χ3n) is 4.51. The average molecular weight is 488 g/mol. The smallest absolute Gasteiger partial charge is 0.282 e. The number of hydrogen-bond acceptors (Lipinski definition) is 6. The Bertz CT molecular complexity index is 1150. The molecule has 0 atom stereocenters. The minimum absolute atomic E-state index is 0.0412. The number of aryl methyl sites for hydroxylation is 1. The van der Waals surface area contributed by atoms with Crippen LogP contribution in [0.4, 0.5) is 0 Å². The summed E-state index contributed by atoms with van der Waals surface area (Å²) >= 11 is 3.42. The molecule has 7 nitrogen and oxygen atoms in total. The third-order valence-corrected chi connectivity index (χ3v) is 5.00. The molecular weight excluding hydrogens is 462 g/mol. The highest BCUT2D eigenvalue weighted by atomic mass is 79.9. The molecule has 2 aromatic carbocycles. The van der Waals surface area contributed by atoms with Crippen molar-refractivity contribution in [1.29, 1.82) is 0 Å². The molecule has 0 fully saturated rings. The second-order valence-electron chi connectivity index (χ2n) is 7.22. The lowest BCUT2D eigenvalue weighted by atomic mass is 10.2. The van der Waals surface area contributed by atoms with Crippen LogP contribution in [0, 0.1) is 0 Å². The minimum Gasteiger partial charge on any atom is -0.493 e. The molecule has 0 aliphatic carbocycles. The molecular formula is C23H26BrN3O4. The number of halogens is 1. The van der Waals surface area contributed by atoms with Gasteiger partial charge in [-0.3, -0.25) is 4.79 Å². The van der Waals surface area contributed by atoms with Crippen molar-refractivity contribution in [3.05, 3.63) is 56.5 Å². The van der Waals surface area contributed by atoms with Gasteiger partial charge in [-0.25, -0.2) is 4.98 Å². The highest BCUT2D eigenvalue weighted by Gasteiger charge is 2.16. The summed E-state index contributed by atoms with van der Waals surface area (Å²) < 4.78 is 19.0. The molecule has 3 aromatic rings. The summed E-state index contributed by atoms with van der Waals surface area (Å²) in [5.41, 5.74) is 1.14. The number of methoxy groups -OCH3 is 2. The fourth-order valence-electron chi connectivity index (χ4n) is 3.15. The van der Waals surface area contributed by atoms with E-state index >= 15 is 0 Å². The van der Waals surface area contributed by atoms with Gasteiger partial charge in [-0.05, 0) is 50.6 Å². The molecule has 31 heavy (non-hydrogen) atoms. The number of hydrogen-bond donors (Lipinski definition) is 0. The Morgan fingerprint density at radius 2 is 1.84 bits per heavy atom. The van der Waals surface area contributed by atoms with Gasteiger partial charge in [0, 0.05) is 16.5 Å². The number of benzene rings is 2. The normalized spacial score (nSPS) is 11.5. The molecule has 0 radical (unpaired) electrons. The van der Waals surface area contributed by atoms with Crippen LogP contribution in [0.15, 0.2) is 44.7 Å². The van der Waals surface area contributed by atoms with Gasteiger partial charge in [0.2, 0.25) is 5.75 Å². The van der Waals surface area contributed by atoms with Crippen LogP contribution in [-0.4, -0.2) is 36.2 Å². The molecule has 0 bridgehead atoms. The van der Waals surface area contributed by atoms with Crippen molar-refractivity contribution in [2.75, 3.05) is 14.2 Å². The van der Waals surface area contributed by atoms with Crippen molar-refractivity contribution < 1.29 is 14.2 Å². The van der Waals surface area contributed by atoms with E-state index in [0.29, 0.717) is 46.0 Å². The molecule has 0 saturated heterocycles. The topological polar surface area (TPSA) is 74.9 Å². The lowest BCUT2D eigenvalue weighted by Crippen LogP contribution is -2.22. The molecule has 0 aliphatic heterocycles. The number of nitrogens with zero attached hydrogens (tertiary/aromatic N) is 3. The van der Waals surface area contributed by atoms with Crippen LogP contribution in [-0.2, 0) is 6.42 Å². The van der Waals surface area contributed by atoms with Gasteiger partial charge >= 0.3 is 0 Å². The first-order chi connectivity index (χ1) is 14.9. The maximum Gasteiger partial charge on any atom is 0.282 e. The van der Waals surface area contributed by atoms with Crippen molar-refractivity contribution in [1.82, 2.24) is 9.66 Å². The van der Waals surface area contributed by atoms with Crippen molar-refractivity contribution in [2.45, 2.75) is 39.7 Å². The summed E-state index contributed by atoms with van der Waals surface area (Å²) in [6.45, 7) is 5.90. The van der Waals surface area contributed by atoms with E-state index in [2.05, 4.69) is 26.0 Å². The monoisotopic (exact) mass is 487 g/mol. The molecule has 0 aliphatic rings. The van der Waals surface area contributed by atoms with Gasteiger partial charge in [-0.1, -0.05) is 22.9 Å². The molecule has 8 heteroatoms. The SMILES string of the molecule is CCCc1nc2ccc(Br)cc2c(=O)n1N=Cc1cc(OC)c(OC(C)C)c(OC)c1. The Morgan fingerprint density at radius 1 is 1.16 bits per heavy atom. The van der Waals surface area contributed by atoms with Crippen LogP contribution in [0.25, 0.3) is 10.9 Å². The minimum atomic E-state index is -0.218. The Labute approximate surface area is 189 Å². The summed E-state index contributed by atoms with van der Waals surface area (Å²) in [5, 5.41) is 4.97. The van der Waals surface area contributed by atoms with Crippen LogP contribution in [0.1, 0.15) is 38.6 Å². The lowest BCUT2D eigenvalue weighted by Gasteiger charge is -2.17. The van der Waals surface area contributed by atoms with E-state index in [4.69, 9.17) is 14.2 Å². The third kappa shape index (κ3) is 5.07. The molecule has 164 valence electrons. The van der Waals surface area contributed by atoms with Gasteiger partial charge in [-0.2, -0.15) is 9.78 Å². The maximum atomic E-state index is 13.1.